The van der Waals surface area contributed by atoms with Crippen LogP contribution in [0.2, 0.25) is 4.34 Å². The maximum Gasteiger partial charge on any atom is 0.0934 e. The normalized spacial score (nSPS) is 26.9. The Kier molecular flexibility index (Phi) is 5.03. The molecule has 2 heterocycles. The molecule has 1 aliphatic carbocycles. The van der Waals surface area contributed by atoms with Gasteiger partial charge in [-0.25, -0.2) is 0 Å². The summed E-state index contributed by atoms with van der Waals surface area (Å²) in [5.41, 5.74) is 1.46. The lowest BCUT2D eigenvalue weighted by Crippen LogP contribution is -2.39. The number of nitrogens with zero attached hydrogens (tertiary/aromatic N) is 1. The van der Waals surface area contributed by atoms with E-state index in [0.29, 0.717) is 6.04 Å². The molecule has 2 atom stereocenters. The lowest BCUT2D eigenvalue weighted by atomic mass is 10.0. The van der Waals surface area contributed by atoms with Gasteiger partial charge in [-0.1, -0.05) is 18.0 Å². The van der Waals surface area contributed by atoms with Crippen LogP contribution in [-0.4, -0.2) is 30.6 Å². The summed E-state index contributed by atoms with van der Waals surface area (Å²) in [5.74, 6) is 0. The SMILES string of the molecule is CC1CCCCN1CCCNC1CCc2sc(Cl)cc21. The Balaban J connectivity index is 1.40. The Hall–Kier alpha value is -0.0900. The number of hydrogen-bond acceptors (Lipinski definition) is 3. The lowest BCUT2D eigenvalue weighted by molar-refractivity contribution is 0.158. The second-order valence-corrected chi connectivity index (χ2v) is 7.98. The molecule has 0 saturated carbocycles. The van der Waals surface area contributed by atoms with E-state index in [0.717, 1.165) is 16.9 Å². The van der Waals surface area contributed by atoms with Gasteiger partial charge in [-0.05, 0) is 70.3 Å². The number of piperidine rings is 1. The Labute approximate surface area is 131 Å². The summed E-state index contributed by atoms with van der Waals surface area (Å²) in [6.07, 6.45) is 7.89. The Bertz CT molecular complexity index is 446. The van der Waals surface area contributed by atoms with Crippen molar-refractivity contribution in [3.05, 3.63) is 20.8 Å². The highest BCUT2D eigenvalue weighted by molar-refractivity contribution is 7.16. The zero-order chi connectivity index (χ0) is 13.9. The third-order valence-corrected chi connectivity index (χ3v) is 6.14. The molecule has 4 heteroatoms. The first kappa shape index (κ1) is 14.8. The van der Waals surface area contributed by atoms with Crippen LogP contribution in [-0.2, 0) is 6.42 Å². The van der Waals surface area contributed by atoms with Gasteiger partial charge >= 0.3 is 0 Å². The van der Waals surface area contributed by atoms with Crippen LogP contribution in [0.25, 0.3) is 0 Å². The zero-order valence-electron chi connectivity index (χ0n) is 12.3. The molecule has 2 nitrogen and oxygen atoms in total. The molecule has 112 valence electrons. The zero-order valence-corrected chi connectivity index (χ0v) is 13.9. The van der Waals surface area contributed by atoms with Crippen molar-refractivity contribution in [1.82, 2.24) is 10.2 Å². The number of nitrogens with one attached hydrogen (secondary N) is 1. The van der Waals surface area contributed by atoms with Crippen LogP contribution in [0, 0.1) is 0 Å². The van der Waals surface area contributed by atoms with Crippen molar-refractivity contribution in [3.63, 3.8) is 0 Å². The van der Waals surface area contributed by atoms with Gasteiger partial charge in [0.15, 0.2) is 0 Å². The lowest BCUT2D eigenvalue weighted by Gasteiger charge is -2.33. The highest BCUT2D eigenvalue weighted by atomic mass is 35.5. The van der Waals surface area contributed by atoms with Crippen LogP contribution < -0.4 is 5.32 Å². The first-order valence-electron chi connectivity index (χ1n) is 7.99. The predicted molar refractivity (Wildman–Crippen MR) is 87.9 cm³/mol. The molecule has 1 N–H and O–H groups in total. The Morgan fingerprint density at radius 1 is 1.40 bits per heavy atom. The largest absolute Gasteiger partial charge is 0.310 e. The third kappa shape index (κ3) is 3.38. The predicted octanol–water partition coefficient (Wildman–Crippen LogP) is 4.24. The van der Waals surface area contributed by atoms with E-state index in [4.69, 9.17) is 11.6 Å². The van der Waals surface area contributed by atoms with Crippen molar-refractivity contribution in [3.8, 4) is 0 Å². The fourth-order valence-corrected chi connectivity index (χ4v) is 4.95. The molecule has 0 radical (unpaired) electrons. The molecule has 2 aliphatic rings. The molecule has 0 spiro atoms. The van der Waals surface area contributed by atoms with Gasteiger partial charge in [-0.15, -0.1) is 11.3 Å². The fourth-order valence-electron chi connectivity index (χ4n) is 3.59. The average molecular weight is 313 g/mol. The van der Waals surface area contributed by atoms with Gasteiger partial charge in [0.25, 0.3) is 0 Å². The Morgan fingerprint density at radius 2 is 2.30 bits per heavy atom. The van der Waals surface area contributed by atoms with Crippen molar-refractivity contribution >= 4 is 22.9 Å². The monoisotopic (exact) mass is 312 g/mol. The van der Waals surface area contributed by atoms with Gasteiger partial charge in [0.05, 0.1) is 4.34 Å². The molecule has 0 amide bonds. The van der Waals surface area contributed by atoms with E-state index in [1.807, 2.05) is 0 Å². The fraction of sp³-hybridized carbons (Fsp3) is 0.750. The number of hydrogen-bond donors (Lipinski definition) is 1. The van der Waals surface area contributed by atoms with E-state index in [1.54, 1.807) is 11.3 Å². The van der Waals surface area contributed by atoms with Crippen LogP contribution in [0.15, 0.2) is 6.07 Å². The smallest absolute Gasteiger partial charge is 0.0934 e. The first-order valence-corrected chi connectivity index (χ1v) is 9.19. The van der Waals surface area contributed by atoms with Gasteiger partial charge < -0.3 is 10.2 Å². The molecule has 3 rings (SSSR count). The molecule has 2 unspecified atom stereocenters. The van der Waals surface area contributed by atoms with Crippen molar-refractivity contribution in [1.29, 1.82) is 0 Å². The molecule has 1 aromatic rings. The highest BCUT2D eigenvalue weighted by Crippen LogP contribution is 2.39. The Morgan fingerprint density at radius 3 is 3.15 bits per heavy atom. The van der Waals surface area contributed by atoms with Gasteiger partial charge in [0.1, 0.15) is 0 Å². The topological polar surface area (TPSA) is 15.3 Å². The second kappa shape index (κ2) is 6.78. The van der Waals surface area contributed by atoms with Gasteiger partial charge in [-0.3, -0.25) is 0 Å². The molecule has 1 fully saturated rings. The van der Waals surface area contributed by atoms with Crippen LogP contribution in [0.1, 0.15) is 55.5 Å². The summed E-state index contributed by atoms with van der Waals surface area (Å²) in [4.78, 5) is 4.16. The van der Waals surface area contributed by atoms with Crippen molar-refractivity contribution in [2.45, 2.75) is 57.5 Å². The summed E-state index contributed by atoms with van der Waals surface area (Å²) in [6, 6.07) is 3.50. The molecular weight excluding hydrogens is 288 g/mol. The summed E-state index contributed by atoms with van der Waals surface area (Å²) in [7, 11) is 0. The van der Waals surface area contributed by atoms with Crippen LogP contribution in [0.5, 0.6) is 0 Å². The molecule has 0 bridgehead atoms. The van der Waals surface area contributed by atoms with Crippen LogP contribution >= 0.6 is 22.9 Å². The van der Waals surface area contributed by atoms with E-state index in [-0.39, 0.29) is 0 Å². The molecule has 1 aromatic heterocycles. The van der Waals surface area contributed by atoms with E-state index < -0.39 is 0 Å². The van der Waals surface area contributed by atoms with Gasteiger partial charge in [-0.2, -0.15) is 0 Å². The minimum Gasteiger partial charge on any atom is -0.310 e. The molecule has 1 saturated heterocycles. The van der Waals surface area contributed by atoms with Crippen LogP contribution in [0.3, 0.4) is 0 Å². The summed E-state index contributed by atoms with van der Waals surface area (Å²) >= 11 is 7.87. The van der Waals surface area contributed by atoms with Crippen LogP contribution in [0.4, 0.5) is 0 Å². The minimum atomic E-state index is 0.549. The van der Waals surface area contributed by atoms with E-state index in [2.05, 4.69) is 23.2 Å². The standard InChI is InChI=1S/C16H25ClN2S/c1-12-5-2-3-9-19(12)10-4-8-18-14-6-7-15-13(14)11-16(17)20-15/h11-12,14,18H,2-10H2,1H3. The molecular formula is C16H25ClN2S. The number of likely N-dealkylation sites (tertiary alicyclic amines) is 1. The second-order valence-electron chi connectivity index (χ2n) is 6.21. The number of aryl methyl sites for hydroxylation is 1. The van der Waals surface area contributed by atoms with E-state index >= 15 is 0 Å². The number of fused-ring (bicyclic) bond motifs is 1. The van der Waals surface area contributed by atoms with Gasteiger partial charge in [0.2, 0.25) is 0 Å². The van der Waals surface area contributed by atoms with E-state index in [9.17, 15) is 0 Å². The molecule has 1 aliphatic heterocycles. The van der Waals surface area contributed by atoms with Crippen molar-refractivity contribution in [2.75, 3.05) is 19.6 Å². The average Bonchev–Trinajstić information content (AvgIpc) is 2.96. The third-order valence-electron chi connectivity index (χ3n) is 4.80. The number of thiophene rings is 1. The summed E-state index contributed by atoms with van der Waals surface area (Å²) in [5, 5.41) is 3.73. The minimum absolute atomic E-state index is 0.549. The summed E-state index contributed by atoms with van der Waals surface area (Å²) in [6.45, 7) is 6.05. The molecule has 20 heavy (non-hydrogen) atoms. The quantitative estimate of drug-likeness (QED) is 0.818. The number of halogens is 1. The molecule has 0 aromatic carbocycles. The first-order chi connectivity index (χ1) is 9.74. The van der Waals surface area contributed by atoms with Gasteiger partial charge in [0, 0.05) is 17.0 Å². The van der Waals surface area contributed by atoms with Crippen molar-refractivity contribution < 1.29 is 0 Å². The number of rotatable bonds is 5. The highest BCUT2D eigenvalue weighted by Gasteiger charge is 2.24. The van der Waals surface area contributed by atoms with E-state index in [1.165, 1.54) is 62.1 Å². The maximum absolute atomic E-state index is 6.11. The van der Waals surface area contributed by atoms with Crippen molar-refractivity contribution in [2.24, 2.45) is 0 Å². The maximum atomic E-state index is 6.11. The summed E-state index contributed by atoms with van der Waals surface area (Å²) < 4.78 is 0.948.